The van der Waals surface area contributed by atoms with Crippen LogP contribution >= 0.6 is 0 Å². The summed E-state index contributed by atoms with van der Waals surface area (Å²) in [5.41, 5.74) is 7.36. The second kappa shape index (κ2) is 13.2. The molecule has 0 radical (unpaired) electrons. The zero-order valence-electron chi connectivity index (χ0n) is 22.4. The van der Waals surface area contributed by atoms with Gasteiger partial charge in [-0.25, -0.2) is 13.2 Å². The van der Waals surface area contributed by atoms with Gasteiger partial charge in [-0.2, -0.15) is 4.31 Å². The standard InChI is InChI=1S/C28H39N3O7S/c1-19(2)16-31(39(34,35)22-10-8-21(15-29)9-11-22)17-25(32)24(14-20-6-4-3-5-7-20)30-28(33)38-26-18-37-27-23(26)12-13-36-27/h3-11,19,23-27,32H,12-18,29H2,1-2H3,(H,30,33)/t23-,24-,25+,26-,27+/m0/s1. The number of fused-ring (bicyclic) bond motifs is 1. The summed E-state index contributed by atoms with van der Waals surface area (Å²) in [6.07, 6.45) is -1.67. The molecule has 4 N–H and O–H groups in total. The van der Waals surface area contributed by atoms with Gasteiger partial charge in [0.25, 0.3) is 0 Å². The van der Waals surface area contributed by atoms with Gasteiger partial charge in [-0.3, -0.25) is 0 Å². The van der Waals surface area contributed by atoms with Crippen LogP contribution in [-0.2, 0) is 37.2 Å². The lowest BCUT2D eigenvalue weighted by Crippen LogP contribution is -2.51. The van der Waals surface area contributed by atoms with Gasteiger partial charge in [0.2, 0.25) is 10.0 Å². The van der Waals surface area contributed by atoms with Crippen molar-refractivity contribution in [3.05, 3.63) is 65.7 Å². The van der Waals surface area contributed by atoms with E-state index < -0.39 is 34.4 Å². The highest BCUT2D eigenvalue weighted by Gasteiger charge is 2.44. The Balaban J connectivity index is 1.51. The molecule has 4 rings (SSSR count). The zero-order chi connectivity index (χ0) is 28.0. The van der Waals surface area contributed by atoms with E-state index in [1.165, 1.54) is 16.4 Å². The van der Waals surface area contributed by atoms with Crippen LogP contribution in [0.25, 0.3) is 0 Å². The second-order valence-electron chi connectivity index (χ2n) is 10.5. The predicted molar refractivity (Wildman–Crippen MR) is 145 cm³/mol. The molecule has 1 amide bonds. The first-order chi connectivity index (χ1) is 18.7. The van der Waals surface area contributed by atoms with Crippen LogP contribution in [0.2, 0.25) is 0 Å². The lowest BCUT2D eigenvalue weighted by molar-refractivity contribution is -0.0907. The topological polar surface area (TPSA) is 140 Å². The fourth-order valence-electron chi connectivity index (χ4n) is 4.98. The summed E-state index contributed by atoms with van der Waals surface area (Å²) in [5, 5.41) is 14.2. The molecule has 2 saturated heterocycles. The first-order valence-corrected chi connectivity index (χ1v) is 14.8. The van der Waals surface area contributed by atoms with Crippen LogP contribution in [0.15, 0.2) is 59.5 Å². The molecule has 39 heavy (non-hydrogen) atoms. The number of amides is 1. The first kappa shape index (κ1) is 29.4. The smallest absolute Gasteiger partial charge is 0.407 e. The molecule has 5 atom stereocenters. The number of rotatable bonds is 12. The van der Waals surface area contributed by atoms with E-state index in [0.717, 1.165) is 17.5 Å². The summed E-state index contributed by atoms with van der Waals surface area (Å²) in [4.78, 5) is 13.1. The van der Waals surface area contributed by atoms with Crippen LogP contribution in [0.4, 0.5) is 4.79 Å². The van der Waals surface area contributed by atoms with Crippen LogP contribution in [0, 0.1) is 11.8 Å². The lowest BCUT2D eigenvalue weighted by atomic mass is 10.0. The van der Waals surface area contributed by atoms with Gasteiger partial charge < -0.3 is 30.4 Å². The number of ether oxygens (including phenoxy) is 3. The molecule has 11 heteroatoms. The van der Waals surface area contributed by atoms with E-state index in [9.17, 15) is 18.3 Å². The van der Waals surface area contributed by atoms with Crippen LogP contribution in [0.5, 0.6) is 0 Å². The molecule has 0 bridgehead atoms. The van der Waals surface area contributed by atoms with Crippen molar-refractivity contribution >= 4 is 16.1 Å². The highest BCUT2D eigenvalue weighted by molar-refractivity contribution is 7.89. The molecular formula is C28H39N3O7S. The first-order valence-electron chi connectivity index (χ1n) is 13.4. The Hall–Kier alpha value is -2.54. The van der Waals surface area contributed by atoms with Gasteiger partial charge in [0.15, 0.2) is 6.29 Å². The Labute approximate surface area is 230 Å². The minimum Gasteiger partial charge on any atom is -0.443 e. The molecule has 10 nitrogen and oxygen atoms in total. The average Bonchev–Trinajstić information content (AvgIpc) is 3.53. The summed E-state index contributed by atoms with van der Waals surface area (Å²) in [6, 6.07) is 15.0. The number of carbonyl (C=O) groups is 1. The molecule has 2 heterocycles. The van der Waals surface area contributed by atoms with Crippen molar-refractivity contribution in [2.45, 2.75) is 62.7 Å². The summed E-state index contributed by atoms with van der Waals surface area (Å²) in [7, 11) is -3.92. The highest BCUT2D eigenvalue weighted by atomic mass is 32.2. The Morgan fingerprint density at radius 3 is 2.49 bits per heavy atom. The quantitative estimate of drug-likeness (QED) is 0.359. The largest absolute Gasteiger partial charge is 0.443 e. The molecule has 0 aliphatic carbocycles. The number of aliphatic hydroxyl groups is 1. The van der Waals surface area contributed by atoms with Crippen molar-refractivity contribution in [2.75, 3.05) is 26.3 Å². The van der Waals surface area contributed by atoms with Crippen molar-refractivity contribution in [3.63, 3.8) is 0 Å². The third-order valence-electron chi connectivity index (χ3n) is 7.07. The number of hydrogen-bond acceptors (Lipinski definition) is 8. The van der Waals surface area contributed by atoms with E-state index in [-0.39, 0.29) is 49.1 Å². The Morgan fingerprint density at radius 2 is 1.82 bits per heavy atom. The van der Waals surface area contributed by atoms with Crippen molar-refractivity contribution in [2.24, 2.45) is 17.6 Å². The zero-order valence-corrected chi connectivity index (χ0v) is 23.3. The van der Waals surface area contributed by atoms with Crippen LogP contribution in [0.3, 0.4) is 0 Å². The minimum atomic E-state index is -3.92. The van der Waals surface area contributed by atoms with E-state index in [4.69, 9.17) is 19.9 Å². The van der Waals surface area contributed by atoms with Crippen LogP contribution in [0.1, 0.15) is 31.4 Å². The maximum Gasteiger partial charge on any atom is 0.407 e. The van der Waals surface area contributed by atoms with Crippen molar-refractivity contribution in [1.82, 2.24) is 9.62 Å². The number of hydrogen-bond donors (Lipinski definition) is 3. The fourth-order valence-corrected chi connectivity index (χ4v) is 6.60. The van der Waals surface area contributed by atoms with Crippen molar-refractivity contribution < 1.29 is 32.5 Å². The monoisotopic (exact) mass is 561 g/mol. The maximum absolute atomic E-state index is 13.6. The van der Waals surface area contributed by atoms with E-state index in [0.29, 0.717) is 13.2 Å². The summed E-state index contributed by atoms with van der Waals surface area (Å²) < 4.78 is 45.2. The van der Waals surface area contributed by atoms with Gasteiger partial charge in [-0.1, -0.05) is 56.3 Å². The number of nitrogens with zero attached hydrogens (tertiary/aromatic N) is 1. The molecular weight excluding hydrogens is 522 g/mol. The van der Waals surface area contributed by atoms with Gasteiger partial charge in [-0.05, 0) is 42.0 Å². The summed E-state index contributed by atoms with van der Waals surface area (Å²) >= 11 is 0. The molecule has 0 unspecified atom stereocenters. The molecule has 0 aromatic heterocycles. The third-order valence-corrected chi connectivity index (χ3v) is 8.91. The maximum atomic E-state index is 13.6. The number of sulfonamides is 1. The fraction of sp³-hybridized carbons (Fsp3) is 0.536. The Kier molecular flexibility index (Phi) is 9.97. The number of benzene rings is 2. The molecule has 2 aliphatic heterocycles. The van der Waals surface area contributed by atoms with Crippen molar-refractivity contribution in [3.8, 4) is 0 Å². The van der Waals surface area contributed by atoms with Crippen LogP contribution in [-0.4, -0.2) is 74.8 Å². The molecule has 2 aliphatic rings. The lowest BCUT2D eigenvalue weighted by Gasteiger charge is -2.31. The molecule has 214 valence electrons. The van der Waals surface area contributed by atoms with Gasteiger partial charge in [0.1, 0.15) is 6.10 Å². The van der Waals surface area contributed by atoms with E-state index in [1.807, 2.05) is 44.2 Å². The Bertz CT molecular complexity index is 1180. The van der Waals surface area contributed by atoms with Gasteiger partial charge in [-0.15, -0.1) is 0 Å². The molecule has 0 saturated carbocycles. The summed E-state index contributed by atoms with van der Waals surface area (Å²) in [5.74, 6) is -0.0182. The normalized spacial score (nSPS) is 22.6. The average molecular weight is 562 g/mol. The number of nitrogens with one attached hydrogen (secondary N) is 1. The molecule has 2 aromatic carbocycles. The third kappa shape index (κ3) is 7.56. The van der Waals surface area contributed by atoms with Gasteiger partial charge in [0.05, 0.1) is 36.2 Å². The molecule has 0 spiro atoms. The number of alkyl carbamates (subject to hydrolysis) is 1. The highest BCUT2D eigenvalue weighted by Crippen LogP contribution is 2.33. The second-order valence-corrected chi connectivity index (χ2v) is 12.5. The Morgan fingerprint density at radius 1 is 1.10 bits per heavy atom. The molecule has 2 fully saturated rings. The number of carbonyl (C=O) groups excluding carboxylic acids is 1. The minimum absolute atomic E-state index is 0.00438. The molecule has 2 aromatic rings. The summed E-state index contributed by atoms with van der Waals surface area (Å²) in [6.45, 7) is 4.92. The van der Waals surface area contributed by atoms with Gasteiger partial charge in [0, 0.05) is 19.6 Å². The van der Waals surface area contributed by atoms with E-state index in [1.54, 1.807) is 12.1 Å². The predicted octanol–water partition coefficient (Wildman–Crippen LogP) is 2.25. The van der Waals surface area contributed by atoms with Crippen molar-refractivity contribution in [1.29, 1.82) is 0 Å². The number of nitrogens with two attached hydrogens (primary N) is 1. The van der Waals surface area contributed by atoms with E-state index in [2.05, 4.69) is 5.32 Å². The van der Waals surface area contributed by atoms with Crippen LogP contribution < -0.4 is 11.1 Å². The SMILES string of the molecule is CC(C)CN(C[C@@H](O)[C@H](Cc1ccccc1)NC(=O)O[C@H]1CO[C@H]2OCC[C@H]21)S(=O)(=O)c1ccc(CN)cc1. The van der Waals surface area contributed by atoms with E-state index >= 15 is 0 Å². The number of aliphatic hydroxyl groups excluding tert-OH is 1. The van der Waals surface area contributed by atoms with Gasteiger partial charge >= 0.3 is 6.09 Å².